The maximum Gasteiger partial charge on any atom is 0.330 e. The number of thioether (sulfide) groups is 1. The first-order chi connectivity index (χ1) is 33.2. The summed E-state index contributed by atoms with van der Waals surface area (Å²) in [6.07, 6.45) is -3.28. The minimum atomic E-state index is -1.97. The molecule has 4 aromatic carbocycles. The van der Waals surface area contributed by atoms with Crippen LogP contribution in [-0.2, 0) is 40.1 Å². The van der Waals surface area contributed by atoms with Gasteiger partial charge in [0.2, 0.25) is 11.0 Å². The molecule has 1 aliphatic heterocycles. The Kier molecular flexibility index (Phi) is 19.5. The number of carbonyl (C=O) groups is 2. The summed E-state index contributed by atoms with van der Waals surface area (Å²) >= 11 is 1.12. The number of methoxy groups -OCH3 is 2. The van der Waals surface area contributed by atoms with E-state index < -0.39 is 50.0 Å². The van der Waals surface area contributed by atoms with Crippen LogP contribution in [0.5, 0.6) is 11.5 Å². The van der Waals surface area contributed by atoms with Gasteiger partial charge in [0.05, 0.1) is 33.9 Å². The van der Waals surface area contributed by atoms with Crippen molar-refractivity contribution in [1.29, 1.82) is 0 Å². The molecule has 1 aliphatic rings. The van der Waals surface area contributed by atoms with E-state index in [0.29, 0.717) is 35.7 Å². The van der Waals surface area contributed by atoms with Crippen LogP contribution < -0.4 is 26.0 Å². The van der Waals surface area contributed by atoms with Crippen molar-refractivity contribution in [2.45, 2.75) is 89.2 Å². The highest BCUT2D eigenvalue weighted by Crippen LogP contribution is 2.51. The Morgan fingerprint density at radius 3 is 2.00 bits per heavy atom. The lowest BCUT2D eigenvalue weighted by Crippen LogP contribution is -2.41. The van der Waals surface area contributed by atoms with Crippen molar-refractivity contribution in [2.24, 2.45) is 0 Å². The van der Waals surface area contributed by atoms with Gasteiger partial charge in [-0.25, -0.2) is 13.9 Å². The number of hydrogen-bond acceptors (Lipinski definition) is 12. The Morgan fingerprint density at radius 2 is 1.43 bits per heavy atom. The van der Waals surface area contributed by atoms with Gasteiger partial charge in [0, 0.05) is 42.2 Å². The van der Waals surface area contributed by atoms with Crippen LogP contribution in [-0.4, -0.2) is 95.4 Å². The van der Waals surface area contributed by atoms with Gasteiger partial charge in [-0.1, -0.05) is 103 Å². The predicted molar refractivity (Wildman–Crippen MR) is 267 cm³/mol. The van der Waals surface area contributed by atoms with Crippen molar-refractivity contribution in [3.63, 3.8) is 0 Å². The molecule has 0 aliphatic carbocycles. The van der Waals surface area contributed by atoms with E-state index in [2.05, 4.69) is 16.9 Å². The normalized spacial score (nSPS) is 17.5. The highest BCUT2D eigenvalue weighted by Gasteiger charge is 2.51. The van der Waals surface area contributed by atoms with E-state index in [9.17, 15) is 19.2 Å². The Bertz CT molecular complexity index is 2490. The third kappa shape index (κ3) is 13.7. The zero-order chi connectivity index (χ0) is 49.5. The van der Waals surface area contributed by atoms with E-state index in [4.69, 9.17) is 28.0 Å². The molecule has 5 atom stereocenters. The number of benzene rings is 4. The van der Waals surface area contributed by atoms with Gasteiger partial charge in [-0.3, -0.25) is 23.9 Å². The van der Waals surface area contributed by atoms with Crippen molar-refractivity contribution in [2.75, 3.05) is 39.7 Å². The highest BCUT2D eigenvalue weighted by molar-refractivity contribution is 8.14. The van der Waals surface area contributed by atoms with Crippen LogP contribution in [0, 0.1) is 0 Å². The van der Waals surface area contributed by atoms with Crippen LogP contribution in [0.15, 0.2) is 143 Å². The number of aromatic nitrogens is 2. The Hall–Kier alpha value is -5.45. The Morgan fingerprint density at radius 1 is 0.855 bits per heavy atom. The first-order valence-electron chi connectivity index (χ1n) is 22.9. The van der Waals surface area contributed by atoms with E-state index in [1.165, 1.54) is 6.20 Å². The van der Waals surface area contributed by atoms with Crippen LogP contribution in [0.3, 0.4) is 0 Å². The molecule has 5 aromatic rings. The molecule has 1 fully saturated rings. The van der Waals surface area contributed by atoms with Crippen LogP contribution in [0.4, 0.5) is 4.39 Å². The molecule has 1 saturated heterocycles. The summed E-state index contributed by atoms with van der Waals surface area (Å²) in [5.74, 6) is 1.57. The summed E-state index contributed by atoms with van der Waals surface area (Å²) in [7, 11) is 1.21. The Labute approximate surface area is 408 Å². The lowest BCUT2D eigenvalue weighted by molar-refractivity contribution is -0.120. The van der Waals surface area contributed by atoms with Gasteiger partial charge in [-0.15, -0.1) is 0 Å². The maximum atomic E-state index is 17.4. The fourth-order valence-electron chi connectivity index (χ4n) is 8.05. The number of nitrogens with zero attached hydrogens (tertiary/aromatic N) is 2. The number of amides is 1. The molecule has 69 heavy (non-hydrogen) atoms. The number of carbonyl (C=O) groups excluding carboxylic acids is 2. The second-order valence-corrected chi connectivity index (χ2v) is 19.4. The van der Waals surface area contributed by atoms with Gasteiger partial charge in [0.25, 0.3) is 14.1 Å². The minimum absolute atomic E-state index is 0.0584. The third-order valence-corrected chi connectivity index (χ3v) is 14.6. The molecule has 2 heterocycles. The van der Waals surface area contributed by atoms with Gasteiger partial charge in [-0.05, 0) is 87.1 Å². The molecule has 14 nitrogen and oxygen atoms in total. The monoisotopic (exact) mass is 984 g/mol. The van der Waals surface area contributed by atoms with Crippen molar-refractivity contribution in [1.82, 2.24) is 19.5 Å². The number of halogens is 1. The highest BCUT2D eigenvalue weighted by atomic mass is 32.2. The first-order valence-corrected chi connectivity index (χ1v) is 25.0. The number of nitrogens with one attached hydrogen (secondary N) is 2. The number of unbranched alkanes of at least 4 members (excludes halogenated alkanes) is 1. The van der Waals surface area contributed by atoms with Crippen LogP contribution in [0.2, 0.25) is 0 Å². The van der Waals surface area contributed by atoms with Crippen molar-refractivity contribution in [3.05, 3.63) is 177 Å². The molecule has 368 valence electrons. The fraction of sp³-hybridized carbons (Fsp3) is 0.385. The number of ether oxygens (including phenoxy) is 4. The van der Waals surface area contributed by atoms with Crippen molar-refractivity contribution < 1.29 is 42.0 Å². The van der Waals surface area contributed by atoms with E-state index in [-0.39, 0.29) is 49.3 Å². The molecule has 0 spiro atoms. The second kappa shape index (κ2) is 25.4. The molecule has 1 amide bonds. The molecular formula is C52H62FN4O10PS. The molecule has 0 bridgehead atoms. The largest absolute Gasteiger partial charge is 0.497 e. The lowest BCUT2D eigenvalue weighted by Gasteiger charge is -2.39. The van der Waals surface area contributed by atoms with Gasteiger partial charge in [0.15, 0.2) is 12.4 Å². The van der Waals surface area contributed by atoms with Crippen molar-refractivity contribution >= 4 is 31.3 Å². The lowest BCUT2D eigenvalue weighted by atomic mass is 9.80. The molecule has 2 N–H and O–H groups in total. The average molecular weight is 985 g/mol. The first kappa shape index (κ1) is 52.9. The van der Waals surface area contributed by atoms with Gasteiger partial charge >= 0.3 is 5.69 Å². The molecular weight excluding hydrogens is 923 g/mol. The molecule has 0 saturated carbocycles. The number of alkyl halides is 1. The zero-order valence-electron chi connectivity index (χ0n) is 39.9. The van der Waals surface area contributed by atoms with Gasteiger partial charge in [0.1, 0.15) is 29.3 Å². The third-order valence-electron chi connectivity index (χ3n) is 11.5. The van der Waals surface area contributed by atoms with Gasteiger partial charge in [-0.2, -0.15) is 0 Å². The smallest absolute Gasteiger partial charge is 0.330 e. The molecule has 0 radical (unpaired) electrons. The Balaban J connectivity index is 1.22. The maximum absolute atomic E-state index is 17.4. The SMILES string of the molecule is C=C(CNC(=O)Cc1ccccc1)C(=O)SCCCCOP(OC1C(COC(c2ccccc2)(c2ccc(OC)cc2)c2ccc(OC)cc2)OC(n2ccc(=O)[nH]c2=O)C1F)N(C(C)C)C(C)C. The molecule has 5 unspecified atom stereocenters. The molecule has 6 rings (SSSR count). The summed E-state index contributed by atoms with van der Waals surface area (Å²) in [5.41, 5.74) is 0.654. The number of aromatic amines is 1. The van der Waals surface area contributed by atoms with Crippen molar-refractivity contribution in [3.8, 4) is 11.5 Å². The summed E-state index contributed by atoms with van der Waals surface area (Å²) in [6, 6.07) is 34.9. The van der Waals surface area contributed by atoms with E-state index in [0.717, 1.165) is 44.6 Å². The van der Waals surface area contributed by atoms with E-state index in [1.54, 1.807) is 14.2 Å². The standard InChI is InChI=1S/C52H62FN4O10PS/c1-35(2)57(36(3)4)68(65-30-14-15-31-69-50(60)37(5)33-54-46(59)32-38-16-10-8-11-17-38)67-48-44(66-49(47(48)53)56-29-28-45(58)55-51(56)61)34-64-52(39-18-12-9-13-19-39,40-20-24-42(62-6)25-21-40)41-22-26-43(63-7)27-23-41/h8-13,16-29,35-36,44,47-49H,5,14-15,30-34H2,1-4,6-7H3,(H,54,59)(H,55,58,61). The van der Waals surface area contributed by atoms with E-state index >= 15 is 4.39 Å². The fourth-order valence-corrected chi connectivity index (χ4v) is 10.7. The summed E-state index contributed by atoms with van der Waals surface area (Å²) in [5, 5.41) is 2.56. The van der Waals surface area contributed by atoms with E-state index in [1.807, 2.05) is 142 Å². The topological polar surface area (TPSA) is 160 Å². The number of hydrogen-bond donors (Lipinski definition) is 2. The molecule has 1 aromatic heterocycles. The zero-order valence-corrected chi connectivity index (χ0v) is 41.6. The summed E-state index contributed by atoms with van der Waals surface area (Å²) < 4.78 is 58.4. The number of rotatable bonds is 25. The predicted octanol–water partition coefficient (Wildman–Crippen LogP) is 8.50. The second-order valence-electron chi connectivity index (χ2n) is 16.9. The number of H-pyrrole nitrogens is 1. The van der Waals surface area contributed by atoms with Crippen LogP contribution in [0.1, 0.15) is 69.0 Å². The minimum Gasteiger partial charge on any atom is -0.497 e. The molecule has 17 heteroatoms. The summed E-state index contributed by atoms with van der Waals surface area (Å²) in [6.45, 7) is 11.9. The van der Waals surface area contributed by atoms with Crippen LogP contribution in [0.25, 0.3) is 0 Å². The van der Waals surface area contributed by atoms with Gasteiger partial charge < -0.3 is 33.3 Å². The summed E-state index contributed by atoms with van der Waals surface area (Å²) in [4.78, 5) is 52.8. The quantitative estimate of drug-likeness (QED) is 0.0249. The average Bonchev–Trinajstić information content (AvgIpc) is 3.65. The van der Waals surface area contributed by atoms with Crippen LogP contribution >= 0.6 is 20.3 Å².